The first-order valence-electron chi connectivity index (χ1n) is 23.8. The van der Waals surface area contributed by atoms with E-state index >= 15 is 0 Å². The Morgan fingerprint density at radius 1 is 0.275 bits per heavy atom. The molecule has 0 unspecified atom stereocenters. The summed E-state index contributed by atoms with van der Waals surface area (Å²) in [6.45, 7) is 0. The molecule has 0 amide bonds. The van der Waals surface area contributed by atoms with E-state index in [0.717, 1.165) is 33.9 Å². The molecule has 11 aromatic carbocycles. The molecule has 0 aliphatic heterocycles. The van der Waals surface area contributed by atoms with E-state index in [-0.39, 0.29) is 0 Å². The van der Waals surface area contributed by atoms with Crippen LogP contribution in [-0.4, -0.2) is 4.57 Å². The van der Waals surface area contributed by atoms with Crippen LogP contribution in [0.25, 0.3) is 72.0 Å². The molecule has 0 radical (unpaired) electrons. The number of hydrogen-bond donors (Lipinski definition) is 0. The summed E-state index contributed by atoms with van der Waals surface area (Å²) in [5.74, 6) is 0. The summed E-state index contributed by atoms with van der Waals surface area (Å²) in [6.07, 6.45) is 0. The minimum absolute atomic E-state index is 0.470. The van der Waals surface area contributed by atoms with Crippen molar-refractivity contribution in [1.29, 1.82) is 0 Å². The van der Waals surface area contributed by atoms with Gasteiger partial charge in [0.2, 0.25) is 0 Å². The van der Waals surface area contributed by atoms with Gasteiger partial charge in [0.15, 0.2) is 0 Å². The van der Waals surface area contributed by atoms with Gasteiger partial charge in [0, 0.05) is 33.5 Å². The monoisotopic (exact) mass is 878 g/mol. The largest absolute Gasteiger partial charge is 0.310 e. The van der Waals surface area contributed by atoms with Crippen LogP contribution in [0.4, 0.5) is 17.1 Å². The zero-order valence-corrected chi connectivity index (χ0v) is 38.0. The summed E-state index contributed by atoms with van der Waals surface area (Å²) in [4.78, 5) is 2.42. The lowest BCUT2D eigenvalue weighted by Crippen LogP contribution is -2.28. The zero-order chi connectivity index (χ0) is 45.7. The molecule has 0 saturated carbocycles. The Bertz CT molecular complexity index is 3780. The summed E-state index contributed by atoms with van der Waals surface area (Å²) in [7, 11) is 0. The Hall–Kier alpha value is -8.98. The second-order valence-corrected chi connectivity index (χ2v) is 18.1. The number of aromatic nitrogens is 1. The van der Waals surface area contributed by atoms with Crippen molar-refractivity contribution in [2.45, 2.75) is 5.41 Å². The normalized spacial score (nSPS) is 12.5. The van der Waals surface area contributed by atoms with Gasteiger partial charge in [-0.2, -0.15) is 0 Å². The molecule has 0 atom stereocenters. The van der Waals surface area contributed by atoms with Gasteiger partial charge in [0.1, 0.15) is 0 Å². The fraction of sp³-hybridized carbons (Fsp3) is 0.0149. The van der Waals surface area contributed by atoms with Crippen molar-refractivity contribution >= 4 is 38.9 Å². The average Bonchev–Trinajstić information content (AvgIpc) is 3.92. The van der Waals surface area contributed by atoms with E-state index in [1.807, 2.05) is 0 Å². The molecule has 1 aromatic heterocycles. The zero-order valence-electron chi connectivity index (χ0n) is 38.0. The standard InChI is InChI=1S/C67H46N2/c1-5-19-47(20-6-1)48-35-38-56(39-36-48)68(58-40-42-64-62(46-58)59-31-13-15-33-63(59)67(64,53-24-7-2-8-25-53)54-26-9-3-10-27-54)57-30-18-23-51(44-57)49-21-17-22-50(43-49)52-37-41-61-60-32-14-16-34-65(60)69(66(61)45-52)55-28-11-4-12-29-55/h1-46H. The lowest BCUT2D eigenvalue weighted by Gasteiger charge is -2.34. The molecule has 324 valence electrons. The molecule has 0 N–H and O–H groups in total. The van der Waals surface area contributed by atoms with Gasteiger partial charge in [0.05, 0.1) is 16.4 Å². The molecule has 12 aromatic rings. The summed E-state index contributed by atoms with van der Waals surface area (Å²) < 4.78 is 2.39. The second kappa shape index (κ2) is 16.7. The van der Waals surface area contributed by atoms with E-state index in [2.05, 4.69) is 289 Å². The molecule has 69 heavy (non-hydrogen) atoms. The van der Waals surface area contributed by atoms with Crippen molar-refractivity contribution in [1.82, 2.24) is 4.57 Å². The Morgan fingerprint density at radius 2 is 0.768 bits per heavy atom. The van der Waals surface area contributed by atoms with Crippen LogP contribution in [0.5, 0.6) is 0 Å². The van der Waals surface area contributed by atoms with Crippen molar-refractivity contribution < 1.29 is 0 Å². The molecule has 0 fully saturated rings. The summed E-state index contributed by atoms with van der Waals surface area (Å²) in [5.41, 5.74) is 21.0. The number of hydrogen-bond acceptors (Lipinski definition) is 1. The smallest absolute Gasteiger partial charge is 0.0713 e. The van der Waals surface area contributed by atoms with Gasteiger partial charge < -0.3 is 9.47 Å². The second-order valence-electron chi connectivity index (χ2n) is 18.1. The summed E-state index contributed by atoms with van der Waals surface area (Å²) in [6, 6.07) is 102. The highest BCUT2D eigenvalue weighted by atomic mass is 15.1. The molecular formula is C67H46N2. The number of benzene rings is 11. The Labute approximate surface area is 403 Å². The SMILES string of the molecule is c1ccc(-c2ccc(N(c3cccc(-c4cccc(-c5ccc6c7ccccc7n(-c7ccccc7)c6c5)c4)c3)c3ccc4c(c3)-c3ccccc3C4(c3ccccc3)c3ccccc3)cc2)cc1. The van der Waals surface area contributed by atoms with E-state index < -0.39 is 5.41 Å². The molecule has 1 aliphatic carbocycles. The number of para-hydroxylation sites is 2. The van der Waals surface area contributed by atoms with E-state index in [9.17, 15) is 0 Å². The van der Waals surface area contributed by atoms with Crippen LogP contribution in [0.15, 0.2) is 279 Å². The number of fused-ring (bicyclic) bond motifs is 6. The molecule has 13 rings (SSSR count). The van der Waals surface area contributed by atoms with Gasteiger partial charge in [-0.3, -0.25) is 0 Å². The minimum atomic E-state index is -0.470. The molecule has 2 heteroatoms. The van der Waals surface area contributed by atoms with Crippen LogP contribution >= 0.6 is 0 Å². The first-order valence-corrected chi connectivity index (χ1v) is 23.8. The van der Waals surface area contributed by atoms with Crippen molar-refractivity contribution in [2.75, 3.05) is 4.90 Å². The third-order valence-corrected chi connectivity index (χ3v) is 14.3. The average molecular weight is 879 g/mol. The van der Waals surface area contributed by atoms with Crippen molar-refractivity contribution in [3.63, 3.8) is 0 Å². The molecule has 2 nitrogen and oxygen atoms in total. The highest BCUT2D eigenvalue weighted by Gasteiger charge is 2.46. The third-order valence-electron chi connectivity index (χ3n) is 14.3. The molecule has 0 saturated heterocycles. The van der Waals surface area contributed by atoms with Gasteiger partial charge in [-0.1, -0.05) is 212 Å². The molecule has 1 aliphatic rings. The Morgan fingerprint density at radius 3 is 1.49 bits per heavy atom. The van der Waals surface area contributed by atoms with E-state index in [0.29, 0.717) is 0 Å². The first-order chi connectivity index (χ1) is 34.2. The van der Waals surface area contributed by atoms with Gasteiger partial charge in [-0.25, -0.2) is 0 Å². The minimum Gasteiger partial charge on any atom is -0.310 e. The number of anilines is 3. The lowest BCUT2D eigenvalue weighted by atomic mass is 9.68. The van der Waals surface area contributed by atoms with Gasteiger partial charge in [-0.15, -0.1) is 0 Å². The lowest BCUT2D eigenvalue weighted by molar-refractivity contribution is 0.768. The molecule has 0 bridgehead atoms. The van der Waals surface area contributed by atoms with Crippen LogP contribution < -0.4 is 4.90 Å². The van der Waals surface area contributed by atoms with Gasteiger partial charge in [0.25, 0.3) is 0 Å². The van der Waals surface area contributed by atoms with Crippen molar-refractivity contribution in [3.8, 4) is 50.2 Å². The van der Waals surface area contributed by atoms with Gasteiger partial charge >= 0.3 is 0 Å². The van der Waals surface area contributed by atoms with Crippen LogP contribution in [0.1, 0.15) is 22.3 Å². The number of nitrogens with zero attached hydrogens (tertiary/aromatic N) is 2. The quantitative estimate of drug-likeness (QED) is 0.140. The third kappa shape index (κ3) is 6.72. The Kier molecular flexibility index (Phi) is 9.77. The number of rotatable bonds is 9. The molecule has 0 spiro atoms. The van der Waals surface area contributed by atoms with E-state index in [1.54, 1.807) is 0 Å². The van der Waals surface area contributed by atoms with E-state index in [4.69, 9.17) is 0 Å². The van der Waals surface area contributed by atoms with Gasteiger partial charge in [-0.05, 0) is 133 Å². The van der Waals surface area contributed by atoms with E-state index in [1.165, 1.54) is 77.4 Å². The fourth-order valence-electron chi connectivity index (χ4n) is 11.2. The predicted octanol–water partition coefficient (Wildman–Crippen LogP) is 17.6. The maximum absolute atomic E-state index is 2.42. The van der Waals surface area contributed by atoms with Crippen LogP contribution in [0.3, 0.4) is 0 Å². The highest BCUT2D eigenvalue weighted by Crippen LogP contribution is 2.57. The van der Waals surface area contributed by atoms with Crippen LogP contribution in [-0.2, 0) is 5.41 Å². The predicted molar refractivity (Wildman–Crippen MR) is 289 cm³/mol. The maximum Gasteiger partial charge on any atom is 0.0713 e. The molecular weight excluding hydrogens is 833 g/mol. The maximum atomic E-state index is 2.42. The first kappa shape index (κ1) is 40.3. The van der Waals surface area contributed by atoms with Crippen LogP contribution in [0.2, 0.25) is 0 Å². The summed E-state index contributed by atoms with van der Waals surface area (Å²) >= 11 is 0. The summed E-state index contributed by atoms with van der Waals surface area (Å²) in [5, 5.41) is 2.51. The highest BCUT2D eigenvalue weighted by molar-refractivity contribution is 6.10. The topological polar surface area (TPSA) is 8.17 Å². The van der Waals surface area contributed by atoms with Crippen LogP contribution in [0, 0.1) is 0 Å². The Balaban J connectivity index is 0.947. The molecule has 1 heterocycles. The van der Waals surface area contributed by atoms with Crippen molar-refractivity contribution in [2.24, 2.45) is 0 Å². The van der Waals surface area contributed by atoms with Crippen molar-refractivity contribution in [3.05, 3.63) is 301 Å². The fourth-order valence-corrected chi connectivity index (χ4v) is 11.2.